The number of nitrogens with one attached hydrogen (secondary N) is 1. The molecule has 0 bridgehead atoms. The summed E-state index contributed by atoms with van der Waals surface area (Å²) in [5.74, 6) is 0.872. The van der Waals surface area contributed by atoms with E-state index in [1.54, 1.807) is 7.11 Å². The monoisotopic (exact) mass is 370 g/mol. The predicted molar refractivity (Wildman–Crippen MR) is 119 cm³/mol. The Hall–Kier alpha value is -3.07. The molecule has 0 aliphatic carbocycles. The van der Waals surface area contributed by atoms with Crippen molar-refractivity contribution in [1.29, 1.82) is 0 Å². The number of rotatable bonds is 7. The van der Waals surface area contributed by atoms with Crippen LogP contribution in [0.3, 0.4) is 0 Å². The normalized spacial score (nSPS) is 11.6. The van der Waals surface area contributed by atoms with Crippen molar-refractivity contribution in [3.8, 4) is 16.9 Å². The van der Waals surface area contributed by atoms with Crippen molar-refractivity contribution in [2.24, 2.45) is 0 Å². The number of aromatic nitrogens is 2. The van der Waals surface area contributed by atoms with Gasteiger partial charge in [-0.2, -0.15) is 0 Å². The molecular formula is C25H26N2O. The number of hydrogen-bond acceptors (Lipinski definition) is 2. The van der Waals surface area contributed by atoms with Crippen LogP contribution in [0, 0.1) is 0 Å². The number of nitrogens with zero attached hydrogens (tertiary/aromatic N) is 1. The number of pyridine rings is 1. The molecule has 0 saturated heterocycles. The molecule has 0 aliphatic heterocycles. The van der Waals surface area contributed by atoms with Gasteiger partial charge in [-0.3, -0.25) is 0 Å². The number of unbranched alkanes of at least 4 members (excludes halogenated alkanes) is 3. The molecule has 2 heterocycles. The van der Waals surface area contributed by atoms with E-state index >= 15 is 0 Å². The summed E-state index contributed by atoms with van der Waals surface area (Å²) in [6.07, 6.45) is 11.3. The predicted octanol–water partition coefficient (Wildman–Crippen LogP) is 6.99. The molecule has 1 N–H and O–H groups in total. The summed E-state index contributed by atoms with van der Waals surface area (Å²) in [5.41, 5.74) is 5.57. The largest absolute Gasteiger partial charge is 0.497 e. The molecule has 28 heavy (non-hydrogen) atoms. The fourth-order valence-electron chi connectivity index (χ4n) is 3.58. The number of ether oxygens (including phenoxy) is 1. The van der Waals surface area contributed by atoms with Crippen LogP contribution in [0.15, 0.2) is 60.8 Å². The van der Waals surface area contributed by atoms with Gasteiger partial charge < -0.3 is 9.72 Å². The van der Waals surface area contributed by atoms with E-state index in [-0.39, 0.29) is 0 Å². The molecule has 0 spiro atoms. The van der Waals surface area contributed by atoms with Crippen molar-refractivity contribution in [1.82, 2.24) is 9.97 Å². The van der Waals surface area contributed by atoms with Gasteiger partial charge in [0.1, 0.15) is 11.4 Å². The van der Waals surface area contributed by atoms with E-state index in [2.05, 4.69) is 65.4 Å². The van der Waals surface area contributed by atoms with E-state index in [0.717, 1.165) is 28.9 Å². The first-order chi connectivity index (χ1) is 13.8. The number of benzene rings is 2. The Morgan fingerprint density at radius 2 is 1.79 bits per heavy atom. The first kappa shape index (κ1) is 18.3. The quantitative estimate of drug-likeness (QED) is 0.356. The molecule has 0 radical (unpaired) electrons. The maximum atomic E-state index is 5.27. The van der Waals surface area contributed by atoms with Crippen LogP contribution in [0.1, 0.15) is 38.2 Å². The molecule has 2 aromatic heterocycles. The lowest BCUT2D eigenvalue weighted by Crippen LogP contribution is -1.83. The fraction of sp³-hybridized carbons (Fsp3) is 0.240. The van der Waals surface area contributed by atoms with Crippen LogP contribution in [0.2, 0.25) is 0 Å². The minimum atomic E-state index is 0.872. The minimum absolute atomic E-state index is 0.872. The highest BCUT2D eigenvalue weighted by molar-refractivity contribution is 6.07. The van der Waals surface area contributed by atoms with Crippen molar-refractivity contribution >= 4 is 28.0 Å². The first-order valence-corrected chi connectivity index (χ1v) is 10.0. The zero-order chi connectivity index (χ0) is 19.3. The average molecular weight is 370 g/mol. The summed E-state index contributed by atoms with van der Waals surface area (Å²) in [6.45, 7) is 2.23. The second-order valence-corrected chi connectivity index (χ2v) is 7.18. The van der Waals surface area contributed by atoms with Crippen LogP contribution in [0.4, 0.5) is 0 Å². The molecule has 142 valence electrons. The highest BCUT2D eigenvalue weighted by Crippen LogP contribution is 2.30. The SMILES string of the molecule is CCCCC/C=C/c1cnc2[nH]c3ccc(-c4ccc(OC)cc4)cc3c2c1. The third-order valence-corrected chi connectivity index (χ3v) is 5.18. The molecule has 0 amide bonds. The summed E-state index contributed by atoms with van der Waals surface area (Å²) < 4.78 is 5.27. The Morgan fingerprint density at radius 3 is 2.57 bits per heavy atom. The van der Waals surface area contributed by atoms with Gasteiger partial charge in [0.05, 0.1) is 7.11 Å². The molecule has 0 aliphatic rings. The second kappa shape index (κ2) is 8.30. The van der Waals surface area contributed by atoms with Gasteiger partial charge in [-0.25, -0.2) is 4.98 Å². The molecule has 0 fully saturated rings. The van der Waals surface area contributed by atoms with Gasteiger partial charge in [-0.1, -0.05) is 50.1 Å². The van der Waals surface area contributed by atoms with Crippen LogP contribution in [0.5, 0.6) is 5.75 Å². The van der Waals surface area contributed by atoms with Crippen molar-refractivity contribution in [2.75, 3.05) is 7.11 Å². The molecule has 2 aromatic carbocycles. The van der Waals surface area contributed by atoms with E-state index < -0.39 is 0 Å². The van der Waals surface area contributed by atoms with Gasteiger partial charge in [-0.15, -0.1) is 0 Å². The number of methoxy groups -OCH3 is 1. The molecule has 3 heteroatoms. The third kappa shape index (κ3) is 3.79. The molecule has 0 saturated carbocycles. The topological polar surface area (TPSA) is 37.9 Å². The van der Waals surface area contributed by atoms with Crippen molar-refractivity contribution in [3.05, 3.63) is 66.4 Å². The van der Waals surface area contributed by atoms with Crippen molar-refractivity contribution in [2.45, 2.75) is 32.6 Å². The number of fused-ring (bicyclic) bond motifs is 3. The first-order valence-electron chi connectivity index (χ1n) is 10.0. The lowest BCUT2D eigenvalue weighted by atomic mass is 10.0. The fourth-order valence-corrected chi connectivity index (χ4v) is 3.58. The van der Waals surface area contributed by atoms with Gasteiger partial charge in [0.2, 0.25) is 0 Å². The van der Waals surface area contributed by atoms with E-state index in [1.807, 2.05) is 18.3 Å². The zero-order valence-corrected chi connectivity index (χ0v) is 16.5. The highest BCUT2D eigenvalue weighted by atomic mass is 16.5. The minimum Gasteiger partial charge on any atom is -0.497 e. The molecule has 4 rings (SSSR count). The van der Waals surface area contributed by atoms with E-state index in [1.165, 1.54) is 41.2 Å². The van der Waals surface area contributed by atoms with Gasteiger partial charge in [0, 0.05) is 22.5 Å². The summed E-state index contributed by atoms with van der Waals surface area (Å²) in [7, 11) is 1.69. The lowest BCUT2D eigenvalue weighted by Gasteiger charge is -2.04. The summed E-state index contributed by atoms with van der Waals surface area (Å²) in [5, 5.41) is 2.37. The molecule has 0 atom stereocenters. The Bertz CT molecular complexity index is 1110. The van der Waals surface area contributed by atoms with Gasteiger partial charge in [0.25, 0.3) is 0 Å². The van der Waals surface area contributed by atoms with Crippen LogP contribution in [0.25, 0.3) is 39.1 Å². The van der Waals surface area contributed by atoms with Gasteiger partial charge >= 0.3 is 0 Å². The van der Waals surface area contributed by atoms with E-state index in [9.17, 15) is 0 Å². The Balaban J connectivity index is 1.68. The molecule has 3 nitrogen and oxygen atoms in total. The van der Waals surface area contributed by atoms with Gasteiger partial charge in [0.15, 0.2) is 0 Å². The second-order valence-electron chi connectivity index (χ2n) is 7.18. The van der Waals surface area contributed by atoms with Crippen LogP contribution in [-0.2, 0) is 0 Å². The van der Waals surface area contributed by atoms with E-state index in [4.69, 9.17) is 4.74 Å². The number of allylic oxidation sites excluding steroid dienone is 1. The van der Waals surface area contributed by atoms with Crippen LogP contribution in [-0.4, -0.2) is 17.1 Å². The Kier molecular flexibility index (Phi) is 5.43. The molecular weight excluding hydrogens is 344 g/mol. The maximum Gasteiger partial charge on any atom is 0.138 e. The summed E-state index contributed by atoms with van der Waals surface area (Å²) in [6, 6.07) is 16.9. The van der Waals surface area contributed by atoms with Gasteiger partial charge in [-0.05, 0) is 59.9 Å². The lowest BCUT2D eigenvalue weighted by molar-refractivity contribution is 0.415. The van der Waals surface area contributed by atoms with E-state index in [0.29, 0.717) is 0 Å². The zero-order valence-electron chi connectivity index (χ0n) is 16.5. The number of aromatic amines is 1. The van der Waals surface area contributed by atoms with Crippen molar-refractivity contribution in [3.63, 3.8) is 0 Å². The van der Waals surface area contributed by atoms with Crippen molar-refractivity contribution < 1.29 is 4.74 Å². The third-order valence-electron chi connectivity index (χ3n) is 5.18. The standard InChI is InChI=1S/C25H26N2O/c1-3-4-5-6-7-8-18-15-23-22-16-20(19-9-12-21(28-2)13-10-19)11-14-24(22)27-25(23)26-17-18/h7-17H,3-6H2,1-2H3,(H,26,27)/b8-7+. The average Bonchev–Trinajstić information content (AvgIpc) is 3.11. The molecule has 0 unspecified atom stereocenters. The summed E-state index contributed by atoms with van der Waals surface area (Å²) in [4.78, 5) is 8.07. The maximum absolute atomic E-state index is 5.27. The molecule has 4 aromatic rings. The smallest absolute Gasteiger partial charge is 0.138 e. The Morgan fingerprint density at radius 1 is 0.964 bits per heavy atom. The number of hydrogen-bond donors (Lipinski definition) is 1. The summed E-state index contributed by atoms with van der Waals surface area (Å²) >= 11 is 0. The highest BCUT2D eigenvalue weighted by Gasteiger charge is 2.08. The van der Waals surface area contributed by atoms with Crippen LogP contribution < -0.4 is 4.74 Å². The number of H-pyrrole nitrogens is 1. The Labute approximate surface area is 166 Å². The van der Waals surface area contributed by atoms with Crippen LogP contribution >= 0.6 is 0 Å².